The summed E-state index contributed by atoms with van der Waals surface area (Å²) in [5.74, 6) is 0.743. The van der Waals surface area contributed by atoms with Gasteiger partial charge in [0.1, 0.15) is 0 Å². The zero-order valence-electron chi connectivity index (χ0n) is 5.19. The quantitative estimate of drug-likeness (QED) is 0.477. The number of H-pyrrole nitrogens is 1. The predicted octanol–water partition coefficient (Wildman–Crippen LogP) is -2.60. The van der Waals surface area contributed by atoms with E-state index in [1.54, 1.807) is 0 Å². The van der Waals surface area contributed by atoms with E-state index >= 15 is 0 Å². The van der Waals surface area contributed by atoms with Crippen LogP contribution < -0.4 is 27.7 Å². The zero-order valence-corrected chi connectivity index (χ0v) is 6.77. The topological polar surface area (TPSA) is 40.2 Å². The molecule has 0 aliphatic heterocycles. The molecule has 0 unspecified atom stereocenters. The van der Waals surface area contributed by atoms with E-state index in [1.807, 2.05) is 25.3 Å². The number of pyridine rings is 1. The standard InChI is InChI=1S/C6H8N2.BrH/c1-5-3-2-4-8-6(5)7;/h2-4H,1H3,(H2,7,8);1H. The fraction of sp³-hybridized carbons (Fsp3) is 0.167. The molecule has 0 radical (unpaired) electrons. The van der Waals surface area contributed by atoms with Gasteiger partial charge in [-0.15, -0.1) is 0 Å². The first kappa shape index (κ1) is 8.43. The van der Waals surface area contributed by atoms with Gasteiger partial charge < -0.3 is 17.0 Å². The zero-order chi connectivity index (χ0) is 5.98. The first-order chi connectivity index (χ1) is 3.80. The average molecular weight is 189 g/mol. The minimum absolute atomic E-state index is 0. The van der Waals surface area contributed by atoms with Gasteiger partial charge in [-0.3, -0.25) is 5.73 Å². The highest BCUT2D eigenvalue weighted by Gasteiger charge is 1.92. The second-order valence-electron chi connectivity index (χ2n) is 1.77. The lowest BCUT2D eigenvalue weighted by atomic mass is 10.3. The molecular formula is C6H9BrN2. The number of hydrogen-bond donors (Lipinski definition) is 1. The summed E-state index contributed by atoms with van der Waals surface area (Å²) in [4.78, 5) is 2.88. The van der Waals surface area contributed by atoms with Crippen LogP contribution >= 0.6 is 0 Å². The lowest BCUT2D eigenvalue weighted by molar-refractivity contribution is -0.360. The summed E-state index contributed by atoms with van der Waals surface area (Å²) in [5, 5.41) is 0. The second-order valence-corrected chi connectivity index (χ2v) is 1.77. The molecule has 3 N–H and O–H groups in total. The predicted molar refractivity (Wildman–Crippen MR) is 32.1 cm³/mol. The molecule has 1 rings (SSSR count). The Morgan fingerprint density at radius 3 is 2.56 bits per heavy atom. The third-order valence-electron chi connectivity index (χ3n) is 1.11. The number of aromatic amines is 1. The van der Waals surface area contributed by atoms with E-state index in [9.17, 15) is 0 Å². The van der Waals surface area contributed by atoms with Crippen LogP contribution in [0.15, 0.2) is 18.3 Å². The SMILES string of the molecule is Cc1ccc[nH+]c1N.[Br-]. The molecule has 1 aromatic heterocycles. The Morgan fingerprint density at radius 1 is 1.56 bits per heavy atom. The molecule has 9 heavy (non-hydrogen) atoms. The van der Waals surface area contributed by atoms with Crippen molar-refractivity contribution in [2.75, 3.05) is 5.73 Å². The van der Waals surface area contributed by atoms with Crippen LogP contribution in [0, 0.1) is 6.92 Å². The highest BCUT2D eigenvalue weighted by Crippen LogP contribution is 1.97. The molecule has 0 aromatic carbocycles. The highest BCUT2D eigenvalue weighted by atomic mass is 79.9. The lowest BCUT2D eigenvalue weighted by Gasteiger charge is -1.86. The summed E-state index contributed by atoms with van der Waals surface area (Å²) < 4.78 is 0. The van der Waals surface area contributed by atoms with Crippen LogP contribution in [0.5, 0.6) is 0 Å². The Morgan fingerprint density at radius 2 is 2.22 bits per heavy atom. The van der Waals surface area contributed by atoms with Crippen LogP contribution in [0.4, 0.5) is 5.82 Å². The van der Waals surface area contributed by atoms with Gasteiger partial charge in [-0.2, -0.15) is 0 Å². The summed E-state index contributed by atoms with van der Waals surface area (Å²) in [6, 6.07) is 3.89. The van der Waals surface area contributed by atoms with Crippen LogP contribution in [-0.2, 0) is 0 Å². The van der Waals surface area contributed by atoms with E-state index in [0.29, 0.717) is 0 Å². The third kappa shape index (κ3) is 2.01. The van der Waals surface area contributed by atoms with Gasteiger partial charge in [0.25, 0.3) is 5.82 Å². The van der Waals surface area contributed by atoms with Crippen LogP contribution in [0.25, 0.3) is 0 Å². The molecular weight excluding hydrogens is 180 g/mol. The molecule has 1 heterocycles. The molecule has 0 spiro atoms. The maximum absolute atomic E-state index is 5.46. The molecule has 0 fully saturated rings. The number of hydrogen-bond acceptors (Lipinski definition) is 1. The van der Waals surface area contributed by atoms with Gasteiger partial charge in [0.05, 0.1) is 6.20 Å². The summed E-state index contributed by atoms with van der Waals surface area (Å²) >= 11 is 0. The smallest absolute Gasteiger partial charge is 0.272 e. The van der Waals surface area contributed by atoms with Crippen molar-refractivity contribution in [3.8, 4) is 0 Å². The molecule has 0 amide bonds. The Bertz CT molecular complexity index is 167. The first-order valence-corrected chi connectivity index (χ1v) is 2.53. The van der Waals surface area contributed by atoms with Gasteiger partial charge in [0.2, 0.25) is 0 Å². The normalized spacial score (nSPS) is 8.11. The van der Waals surface area contributed by atoms with Gasteiger partial charge in [-0.25, -0.2) is 4.98 Å². The minimum Gasteiger partial charge on any atom is -1.00 e. The van der Waals surface area contributed by atoms with Gasteiger partial charge in [0.15, 0.2) is 0 Å². The van der Waals surface area contributed by atoms with E-state index in [1.165, 1.54) is 0 Å². The molecule has 3 heteroatoms. The lowest BCUT2D eigenvalue weighted by Crippen LogP contribution is -3.00. The Balaban J connectivity index is 0.000000640. The molecule has 1 aromatic rings. The highest BCUT2D eigenvalue weighted by molar-refractivity contribution is 5.30. The van der Waals surface area contributed by atoms with Gasteiger partial charge in [-0.05, 0) is 19.1 Å². The van der Waals surface area contributed by atoms with Crippen molar-refractivity contribution < 1.29 is 22.0 Å². The Labute approximate surface area is 64.9 Å². The summed E-state index contributed by atoms with van der Waals surface area (Å²) in [6.07, 6.45) is 1.81. The molecule has 0 aliphatic rings. The number of anilines is 1. The van der Waals surface area contributed by atoms with E-state index in [2.05, 4.69) is 4.98 Å². The van der Waals surface area contributed by atoms with E-state index in [-0.39, 0.29) is 17.0 Å². The number of rotatable bonds is 0. The summed E-state index contributed by atoms with van der Waals surface area (Å²) in [5.41, 5.74) is 6.55. The number of nitrogens with two attached hydrogens (primary N) is 1. The molecule has 2 nitrogen and oxygen atoms in total. The van der Waals surface area contributed by atoms with Crippen molar-refractivity contribution in [2.45, 2.75) is 6.92 Å². The van der Waals surface area contributed by atoms with Crippen molar-refractivity contribution in [3.63, 3.8) is 0 Å². The molecule has 50 valence electrons. The van der Waals surface area contributed by atoms with E-state index in [4.69, 9.17) is 5.73 Å². The summed E-state index contributed by atoms with van der Waals surface area (Å²) in [7, 11) is 0. The molecule has 0 atom stereocenters. The molecule has 0 saturated heterocycles. The first-order valence-electron chi connectivity index (χ1n) is 2.53. The average Bonchev–Trinajstić information content (AvgIpc) is 1.77. The molecule has 0 bridgehead atoms. The van der Waals surface area contributed by atoms with Crippen LogP contribution in [0.3, 0.4) is 0 Å². The third-order valence-corrected chi connectivity index (χ3v) is 1.11. The maximum atomic E-state index is 5.46. The minimum atomic E-state index is 0. The van der Waals surface area contributed by atoms with Crippen LogP contribution in [0.2, 0.25) is 0 Å². The van der Waals surface area contributed by atoms with Crippen molar-refractivity contribution >= 4 is 5.82 Å². The van der Waals surface area contributed by atoms with E-state index < -0.39 is 0 Å². The van der Waals surface area contributed by atoms with Gasteiger partial charge >= 0.3 is 0 Å². The van der Waals surface area contributed by atoms with Crippen LogP contribution in [0.1, 0.15) is 5.56 Å². The number of nitrogen functional groups attached to an aromatic ring is 1. The fourth-order valence-corrected chi connectivity index (χ4v) is 0.534. The number of nitrogens with one attached hydrogen (secondary N) is 1. The van der Waals surface area contributed by atoms with E-state index in [0.717, 1.165) is 11.4 Å². The number of aryl methyl sites for hydroxylation is 1. The summed E-state index contributed by atoms with van der Waals surface area (Å²) in [6.45, 7) is 1.96. The monoisotopic (exact) mass is 188 g/mol. The van der Waals surface area contributed by atoms with Gasteiger partial charge in [0, 0.05) is 5.56 Å². The van der Waals surface area contributed by atoms with Crippen molar-refractivity contribution in [1.82, 2.24) is 0 Å². The molecule has 0 aliphatic carbocycles. The van der Waals surface area contributed by atoms with Crippen molar-refractivity contribution in [1.29, 1.82) is 0 Å². The Kier molecular flexibility index (Phi) is 3.24. The maximum Gasteiger partial charge on any atom is 0.272 e. The number of aromatic nitrogens is 1. The number of halogens is 1. The molecule has 0 saturated carbocycles. The Hall–Kier alpha value is -0.570. The fourth-order valence-electron chi connectivity index (χ4n) is 0.534. The second kappa shape index (κ2) is 3.45. The van der Waals surface area contributed by atoms with Crippen LogP contribution in [-0.4, -0.2) is 0 Å². The largest absolute Gasteiger partial charge is 1.00 e. The van der Waals surface area contributed by atoms with Crippen molar-refractivity contribution in [2.24, 2.45) is 0 Å². The van der Waals surface area contributed by atoms with Gasteiger partial charge in [-0.1, -0.05) is 0 Å². The van der Waals surface area contributed by atoms with Crippen molar-refractivity contribution in [3.05, 3.63) is 23.9 Å².